The Bertz CT molecular complexity index is 628. The van der Waals surface area contributed by atoms with E-state index in [1.807, 2.05) is 0 Å². The van der Waals surface area contributed by atoms with Gasteiger partial charge in [-0.1, -0.05) is 74.8 Å². The van der Waals surface area contributed by atoms with E-state index in [2.05, 4.69) is 63.3 Å². The maximum Gasteiger partial charge on any atom is 0.00931 e. The largest absolute Gasteiger partial charge is 0.0805 e. The van der Waals surface area contributed by atoms with Gasteiger partial charge in [0.25, 0.3) is 0 Å². The molecule has 2 atom stereocenters. The Labute approximate surface area is 135 Å². The van der Waals surface area contributed by atoms with E-state index in [0.717, 1.165) is 6.42 Å². The van der Waals surface area contributed by atoms with Crippen LogP contribution in [0.2, 0.25) is 0 Å². The summed E-state index contributed by atoms with van der Waals surface area (Å²) in [5, 5.41) is 0. The minimum Gasteiger partial charge on any atom is -0.0805 e. The lowest BCUT2D eigenvalue weighted by atomic mass is 9.80. The lowest BCUT2D eigenvalue weighted by Crippen LogP contribution is -2.11. The number of hydrogen-bond acceptors (Lipinski definition) is 0. The van der Waals surface area contributed by atoms with Gasteiger partial charge in [0, 0.05) is 5.92 Å². The van der Waals surface area contributed by atoms with Gasteiger partial charge >= 0.3 is 0 Å². The molecule has 0 bridgehead atoms. The molecule has 0 saturated carbocycles. The first-order valence-electron chi connectivity index (χ1n) is 8.88. The van der Waals surface area contributed by atoms with Gasteiger partial charge in [-0.2, -0.15) is 0 Å². The smallest absolute Gasteiger partial charge is 0.00931 e. The molecule has 2 aliphatic carbocycles. The molecule has 0 aromatic heterocycles. The van der Waals surface area contributed by atoms with E-state index in [4.69, 9.17) is 0 Å². The third kappa shape index (κ3) is 2.84. The Morgan fingerprint density at radius 3 is 2.82 bits per heavy atom. The fourth-order valence-electron chi connectivity index (χ4n) is 3.93. The summed E-state index contributed by atoms with van der Waals surface area (Å²) in [4.78, 5) is 0. The summed E-state index contributed by atoms with van der Waals surface area (Å²) >= 11 is 0. The highest BCUT2D eigenvalue weighted by Crippen LogP contribution is 2.43. The molecule has 2 unspecified atom stereocenters. The fourth-order valence-corrected chi connectivity index (χ4v) is 3.93. The van der Waals surface area contributed by atoms with Gasteiger partial charge < -0.3 is 0 Å². The molecule has 116 valence electrons. The summed E-state index contributed by atoms with van der Waals surface area (Å²) in [5.74, 6) is 1.18. The molecular weight excluding hydrogens is 264 g/mol. The van der Waals surface area contributed by atoms with Crippen molar-refractivity contribution in [3.8, 4) is 0 Å². The van der Waals surface area contributed by atoms with E-state index in [1.165, 1.54) is 36.8 Å². The second kappa shape index (κ2) is 6.69. The van der Waals surface area contributed by atoms with Crippen molar-refractivity contribution in [3.63, 3.8) is 0 Å². The first-order chi connectivity index (χ1) is 10.7. The van der Waals surface area contributed by atoms with E-state index < -0.39 is 0 Å². The second-order valence-corrected chi connectivity index (χ2v) is 6.87. The van der Waals surface area contributed by atoms with Crippen LogP contribution in [0, 0.1) is 12.8 Å². The number of benzene rings is 1. The number of aryl methyl sites for hydroxylation is 2. The Hall–Kier alpha value is -1.56. The molecule has 0 heterocycles. The van der Waals surface area contributed by atoms with E-state index in [1.54, 1.807) is 16.7 Å². The van der Waals surface area contributed by atoms with Crippen LogP contribution in [0.3, 0.4) is 0 Å². The van der Waals surface area contributed by atoms with Gasteiger partial charge in [0.2, 0.25) is 0 Å². The van der Waals surface area contributed by atoms with Gasteiger partial charge in [-0.05, 0) is 54.4 Å². The molecule has 0 spiro atoms. The van der Waals surface area contributed by atoms with Crippen LogP contribution in [0.5, 0.6) is 0 Å². The molecule has 0 N–H and O–H groups in total. The molecule has 0 aliphatic heterocycles. The van der Waals surface area contributed by atoms with Crippen LogP contribution in [0.1, 0.15) is 67.7 Å². The average Bonchev–Trinajstić information content (AvgIpc) is 3.19. The Balaban J connectivity index is 1.89. The van der Waals surface area contributed by atoms with Crippen molar-refractivity contribution >= 4 is 6.08 Å². The molecule has 0 amide bonds. The van der Waals surface area contributed by atoms with Crippen LogP contribution in [0.4, 0.5) is 0 Å². The van der Waals surface area contributed by atoms with E-state index in [0.29, 0.717) is 11.8 Å². The average molecular weight is 292 g/mol. The molecule has 3 rings (SSSR count). The molecule has 22 heavy (non-hydrogen) atoms. The van der Waals surface area contributed by atoms with Crippen molar-refractivity contribution < 1.29 is 0 Å². The molecule has 0 heteroatoms. The highest BCUT2D eigenvalue weighted by atomic mass is 14.3. The van der Waals surface area contributed by atoms with Gasteiger partial charge in [-0.25, -0.2) is 0 Å². The molecule has 0 nitrogen and oxygen atoms in total. The Morgan fingerprint density at radius 2 is 2.09 bits per heavy atom. The van der Waals surface area contributed by atoms with E-state index in [-0.39, 0.29) is 0 Å². The lowest BCUT2D eigenvalue weighted by molar-refractivity contribution is 0.596. The van der Waals surface area contributed by atoms with Gasteiger partial charge in [-0.3, -0.25) is 0 Å². The van der Waals surface area contributed by atoms with Crippen LogP contribution in [-0.2, 0) is 6.42 Å². The molecule has 1 aromatic rings. The lowest BCUT2D eigenvalue weighted by Gasteiger charge is -2.24. The Kier molecular flexibility index (Phi) is 4.66. The first kappa shape index (κ1) is 15.3. The minimum absolute atomic E-state index is 0.567. The van der Waals surface area contributed by atoms with Crippen molar-refractivity contribution in [2.75, 3.05) is 0 Å². The van der Waals surface area contributed by atoms with Gasteiger partial charge in [-0.15, -0.1) is 0 Å². The predicted octanol–water partition coefficient (Wildman–Crippen LogP) is 6.36. The number of hydrogen-bond donors (Lipinski definition) is 0. The molecule has 1 aromatic carbocycles. The maximum absolute atomic E-state index is 2.45. The van der Waals surface area contributed by atoms with Crippen LogP contribution >= 0.6 is 0 Å². The molecular formula is C22H28. The maximum atomic E-state index is 2.45. The highest BCUT2D eigenvalue weighted by molar-refractivity contribution is 5.68. The SMILES string of the molecule is CCCCCc1ccc(C)c2c1C(C(C)C1=CC=CC1)C=C2. The van der Waals surface area contributed by atoms with Crippen molar-refractivity contribution in [3.05, 3.63) is 64.3 Å². The normalized spacial score (nSPS) is 20.3. The second-order valence-electron chi connectivity index (χ2n) is 6.87. The standard InChI is InChI=1S/C22H28/c1-4-5-6-11-19-13-12-16(2)20-14-15-21(22(19)20)17(3)18-9-7-8-10-18/h7-9,12-15,17,21H,4-6,10-11H2,1-3H3. The zero-order valence-electron chi connectivity index (χ0n) is 14.2. The number of fused-ring (bicyclic) bond motifs is 1. The van der Waals surface area contributed by atoms with Crippen molar-refractivity contribution in [2.24, 2.45) is 5.92 Å². The van der Waals surface area contributed by atoms with Gasteiger partial charge in [0.15, 0.2) is 0 Å². The zero-order chi connectivity index (χ0) is 15.5. The van der Waals surface area contributed by atoms with Crippen LogP contribution in [-0.4, -0.2) is 0 Å². The number of allylic oxidation sites excluding steroid dienone is 5. The summed E-state index contributed by atoms with van der Waals surface area (Å²) in [5.41, 5.74) is 7.72. The minimum atomic E-state index is 0.567. The third-order valence-corrected chi connectivity index (χ3v) is 5.37. The summed E-state index contributed by atoms with van der Waals surface area (Å²) in [6, 6.07) is 4.70. The quantitative estimate of drug-likeness (QED) is 0.535. The predicted molar refractivity (Wildman–Crippen MR) is 97.2 cm³/mol. The van der Waals surface area contributed by atoms with Gasteiger partial charge in [0.05, 0.1) is 0 Å². The summed E-state index contributed by atoms with van der Waals surface area (Å²) in [6.45, 7) is 6.94. The van der Waals surface area contributed by atoms with Crippen molar-refractivity contribution in [1.29, 1.82) is 0 Å². The molecule has 0 saturated heterocycles. The summed E-state index contributed by atoms with van der Waals surface area (Å²) in [6.07, 6.45) is 18.0. The first-order valence-corrected chi connectivity index (χ1v) is 8.88. The van der Waals surface area contributed by atoms with E-state index >= 15 is 0 Å². The van der Waals surface area contributed by atoms with Crippen molar-refractivity contribution in [1.82, 2.24) is 0 Å². The number of rotatable bonds is 6. The van der Waals surface area contributed by atoms with E-state index in [9.17, 15) is 0 Å². The van der Waals surface area contributed by atoms with Crippen LogP contribution < -0.4 is 0 Å². The summed E-state index contributed by atoms with van der Waals surface area (Å²) in [7, 11) is 0. The topological polar surface area (TPSA) is 0 Å². The summed E-state index contributed by atoms with van der Waals surface area (Å²) < 4.78 is 0. The molecule has 2 aliphatic rings. The van der Waals surface area contributed by atoms with Crippen LogP contribution in [0.15, 0.2) is 42.0 Å². The molecule has 0 radical (unpaired) electrons. The zero-order valence-corrected chi connectivity index (χ0v) is 14.2. The highest BCUT2D eigenvalue weighted by Gasteiger charge is 2.28. The van der Waals surface area contributed by atoms with Crippen molar-refractivity contribution in [2.45, 2.75) is 58.8 Å². The third-order valence-electron chi connectivity index (χ3n) is 5.37. The number of unbranched alkanes of at least 4 members (excludes halogenated alkanes) is 2. The van der Waals surface area contributed by atoms with Crippen LogP contribution in [0.25, 0.3) is 6.08 Å². The van der Waals surface area contributed by atoms with Gasteiger partial charge in [0.1, 0.15) is 0 Å². The Morgan fingerprint density at radius 1 is 1.23 bits per heavy atom. The molecule has 0 fully saturated rings. The fraction of sp³-hybridized carbons (Fsp3) is 0.455. The monoisotopic (exact) mass is 292 g/mol.